The normalized spacial score (nSPS) is 14.7. The Morgan fingerprint density at radius 1 is 0.944 bits per heavy atom. The molecule has 0 rings (SSSR count). The molecule has 110 valence electrons. The molecule has 0 amide bonds. The number of rotatable bonds is 13. The van der Waals surface area contributed by atoms with E-state index in [4.69, 9.17) is 14.2 Å². The van der Waals surface area contributed by atoms with Gasteiger partial charge < -0.3 is 19.5 Å². The van der Waals surface area contributed by atoms with Crippen molar-refractivity contribution in [2.24, 2.45) is 5.92 Å². The van der Waals surface area contributed by atoms with Crippen LogP contribution in [0, 0.1) is 5.92 Å². The Kier molecular flexibility index (Phi) is 13.2. The zero-order chi connectivity index (χ0) is 13.6. The van der Waals surface area contributed by atoms with Gasteiger partial charge in [-0.2, -0.15) is 0 Å². The Bertz CT molecular complexity index is 167. The minimum absolute atomic E-state index is 0.608. The van der Waals surface area contributed by atoms with E-state index in [0.29, 0.717) is 38.4 Å². The van der Waals surface area contributed by atoms with E-state index in [1.807, 2.05) is 0 Å². The van der Waals surface area contributed by atoms with Crippen molar-refractivity contribution in [2.75, 3.05) is 46.7 Å². The zero-order valence-electron chi connectivity index (χ0n) is 12.5. The molecule has 0 saturated heterocycles. The zero-order valence-corrected chi connectivity index (χ0v) is 12.5. The molecule has 1 N–H and O–H groups in total. The first-order chi connectivity index (χ1) is 8.76. The minimum Gasteiger partial charge on any atom is -0.382 e. The van der Waals surface area contributed by atoms with E-state index < -0.39 is 0 Å². The number of methoxy groups -OCH3 is 1. The second-order valence-electron chi connectivity index (χ2n) is 4.56. The maximum atomic E-state index is 5.56. The fourth-order valence-corrected chi connectivity index (χ4v) is 1.94. The Morgan fingerprint density at radius 3 is 2.11 bits per heavy atom. The molecule has 4 heteroatoms. The summed E-state index contributed by atoms with van der Waals surface area (Å²) < 4.78 is 15.8. The fraction of sp³-hybridized carbons (Fsp3) is 1.00. The molecule has 0 fully saturated rings. The van der Waals surface area contributed by atoms with Crippen LogP contribution in [0.4, 0.5) is 0 Å². The van der Waals surface area contributed by atoms with E-state index in [1.54, 1.807) is 7.11 Å². The van der Waals surface area contributed by atoms with Gasteiger partial charge in [-0.25, -0.2) is 0 Å². The van der Waals surface area contributed by atoms with Gasteiger partial charge >= 0.3 is 0 Å². The molecule has 0 aromatic heterocycles. The molecule has 0 radical (unpaired) electrons. The van der Waals surface area contributed by atoms with E-state index in [0.717, 1.165) is 19.6 Å². The third-order valence-electron chi connectivity index (χ3n) is 3.11. The molecule has 0 spiro atoms. The fourth-order valence-electron chi connectivity index (χ4n) is 1.94. The molecular formula is C14H31NO3. The van der Waals surface area contributed by atoms with Crippen LogP contribution in [0.25, 0.3) is 0 Å². The Labute approximate surface area is 112 Å². The lowest BCUT2D eigenvalue weighted by Crippen LogP contribution is -2.34. The highest BCUT2D eigenvalue weighted by atomic mass is 16.5. The second kappa shape index (κ2) is 13.3. The summed E-state index contributed by atoms with van der Waals surface area (Å²) in [6.07, 6.45) is 2.28. The SMILES string of the molecule is CCNC(CC)C(C)CCOCCOCCOC. The minimum atomic E-state index is 0.608. The Morgan fingerprint density at radius 2 is 1.56 bits per heavy atom. The van der Waals surface area contributed by atoms with Gasteiger partial charge in [0.05, 0.1) is 26.4 Å². The van der Waals surface area contributed by atoms with Crippen molar-refractivity contribution >= 4 is 0 Å². The number of hydrogen-bond acceptors (Lipinski definition) is 4. The molecule has 0 aliphatic carbocycles. The van der Waals surface area contributed by atoms with Gasteiger partial charge in [0, 0.05) is 19.8 Å². The summed E-state index contributed by atoms with van der Waals surface area (Å²) in [6, 6.07) is 0.608. The molecule has 0 aromatic carbocycles. The average molecular weight is 261 g/mol. The van der Waals surface area contributed by atoms with Crippen molar-refractivity contribution in [3.63, 3.8) is 0 Å². The van der Waals surface area contributed by atoms with Crippen LogP contribution in [0.3, 0.4) is 0 Å². The smallest absolute Gasteiger partial charge is 0.0701 e. The molecule has 0 bridgehead atoms. The van der Waals surface area contributed by atoms with Gasteiger partial charge in [0.25, 0.3) is 0 Å². The summed E-state index contributed by atoms with van der Waals surface area (Å²) in [7, 11) is 1.68. The van der Waals surface area contributed by atoms with E-state index >= 15 is 0 Å². The van der Waals surface area contributed by atoms with Crippen LogP contribution in [-0.2, 0) is 14.2 Å². The van der Waals surface area contributed by atoms with E-state index in [2.05, 4.69) is 26.1 Å². The maximum absolute atomic E-state index is 5.56. The van der Waals surface area contributed by atoms with Gasteiger partial charge in [0.2, 0.25) is 0 Å². The predicted octanol–water partition coefficient (Wildman–Crippen LogP) is 2.08. The quantitative estimate of drug-likeness (QED) is 0.515. The van der Waals surface area contributed by atoms with Gasteiger partial charge in [0.15, 0.2) is 0 Å². The summed E-state index contributed by atoms with van der Waals surface area (Å²) >= 11 is 0. The van der Waals surface area contributed by atoms with Crippen molar-refractivity contribution in [1.82, 2.24) is 5.32 Å². The lowest BCUT2D eigenvalue weighted by atomic mass is 9.96. The summed E-state index contributed by atoms with van der Waals surface area (Å²) in [5.74, 6) is 0.657. The van der Waals surface area contributed by atoms with Crippen molar-refractivity contribution in [2.45, 2.75) is 39.7 Å². The van der Waals surface area contributed by atoms with Crippen molar-refractivity contribution in [3.8, 4) is 0 Å². The third kappa shape index (κ3) is 9.83. The van der Waals surface area contributed by atoms with Crippen molar-refractivity contribution < 1.29 is 14.2 Å². The molecule has 2 unspecified atom stereocenters. The molecule has 18 heavy (non-hydrogen) atoms. The first kappa shape index (κ1) is 17.8. The Balaban J connectivity index is 3.36. The second-order valence-corrected chi connectivity index (χ2v) is 4.56. The van der Waals surface area contributed by atoms with Crippen LogP contribution in [0.1, 0.15) is 33.6 Å². The Hall–Kier alpha value is -0.160. The first-order valence-corrected chi connectivity index (χ1v) is 7.14. The summed E-state index contributed by atoms with van der Waals surface area (Å²) in [5.41, 5.74) is 0. The number of ether oxygens (including phenoxy) is 3. The van der Waals surface area contributed by atoms with Gasteiger partial charge in [-0.3, -0.25) is 0 Å². The highest BCUT2D eigenvalue weighted by Gasteiger charge is 2.13. The number of hydrogen-bond donors (Lipinski definition) is 1. The molecule has 4 nitrogen and oxygen atoms in total. The molecule has 2 atom stereocenters. The standard InChI is InChI=1S/C14H31NO3/c1-5-14(15-6-2)13(3)7-8-17-11-12-18-10-9-16-4/h13-15H,5-12H2,1-4H3. The predicted molar refractivity (Wildman–Crippen MR) is 75.1 cm³/mol. The monoisotopic (exact) mass is 261 g/mol. The molecule has 0 aliphatic heterocycles. The van der Waals surface area contributed by atoms with Crippen molar-refractivity contribution in [1.29, 1.82) is 0 Å². The maximum Gasteiger partial charge on any atom is 0.0701 e. The van der Waals surface area contributed by atoms with Crippen LogP contribution in [0.15, 0.2) is 0 Å². The molecular weight excluding hydrogens is 230 g/mol. The van der Waals surface area contributed by atoms with Crippen LogP contribution in [0.2, 0.25) is 0 Å². The van der Waals surface area contributed by atoms with Crippen LogP contribution in [0.5, 0.6) is 0 Å². The van der Waals surface area contributed by atoms with Gasteiger partial charge in [-0.15, -0.1) is 0 Å². The van der Waals surface area contributed by atoms with Gasteiger partial charge in [-0.05, 0) is 25.3 Å². The van der Waals surface area contributed by atoms with Crippen LogP contribution < -0.4 is 5.32 Å². The summed E-state index contributed by atoms with van der Waals surface area (Å²) in [5, 5.41) is 3.51. The van der Waals surface area contributed by atoms with Crippen molar-refractivity contribution in [3.05, 3.63) is 0 Å². The highest BCUT2D eigenvalue weighted by molar-refractivity contribution is 4.70. The molecule has 0 aromatic rings. The third-order valence-corrected chi connectivity index (χ3v) is 3.11. The lowest BCUT2D eigenvalue weighted by Gasteiger charge is -2.23. The van der Waals surface area contributed by atoms with E-state index in [9.17, 15) is 0 Å². The van der Waals surface area contributed by atoms with Gasteiger partial charge in [0.1, 0.15) is 0 Å². The first-order valence-electron chi connectivity index (χ1n) is 7.14. The molecule has 0 aliphatic rings. The van der Waals surface area contributed by atoms with E-state index in [1.165, 1.54) is 6.42 Å². The summed E-state index contributed by atoms with van der Waals surface area (Å²) in [4.78, 5) is 0. The topological polar surface area (TPSA) is 39.7 Å². The highest BCUT2D eigenvalue weighted by Crippen LogP contribution is 2.11. The summed E-state index contributed by atoms with van der Waals surface area (Å²) in [6.45, 7) is 11.2. The average Bonchev–Trinajstić information content (AvgIpc) is 2.38. The van der Waals surface area contributed by atoms with E-state index in [-0.39, 0.29) is 0 Å². The van der Waals surface area contributed by atoms with Gasteiger partial charge in [-0.1, -0.05) is 20.8 Å². The number of nitrogens with one attached hydrogen (secondary N) is 1. The molecule has 0 saturated carbocycles. The molecule has 0 heterocycles. The lowest BCUT2D eigenvalue weighted by molar-refractivity contribution is 0.0213. The van der Waals surface area contributed by atoms with Crippen LogP contribution >= 0.6 is 0 Å². The largest absolute Gasteiger partial charge is 0.382 e. The van der Waals surface area contributed by atoms with Crippen LogP contribution in [-0.4, -0.2) is 52.7 Å².